The van der Waals surface area contributed by atoms with Gasteiger partial charge in [-0.2, -0.15) is 0 Å². The minimum atomic E-state index is -1.32. The van der Waals surface area contributed by atoms with Crippen LogP contribution >= 0.6 is 0 Å². The Morgan fingerprint density at radius 1 is 1.04 bits per heavy atom. The summed E-state index contributed by atoms with van der Waals surface area (Å²) >= 11 is 0. The molecule has 0 bridgehead atoms. The molecule has 3 aliphatic carbocycles. The maximum atomic E-state index is 14.7. The van der Waals surface area contributed by atoms with E-state index in [1.165, 1.54) is 0 Å². The number of rotatable bonds is 16. The second-order valence-electron chi connectivity index (χ2n) is 14.9. The summed E-state index contributed by atoms with van der Waals surface area (Å²) in [5.41, 5.74) is 3.70. The first-order valence-electron chi connectivity index (χ1n) is 19.0. The second-order valence-corrected chi connectivity index (χ2v) is 14.9. The SMILES string of the molecule is C=CCO[C@@]12Oc3ccc(O)cc3[C@H]3[C@H](CCCCO)[C@@H](CCCCO)C=C(C(=NOC)C[C@@H]1N(Cc1cccc4ccccc14)C(=O)C1CC1)[C@H]32. The molecule has 7 rings (SSSR count). The quantitative estimate of drug-likeness (QED) is 0.0815. The predicted molar refractivity (Wildman–Crippen MR) is 201 cm³/mol. The summed E-state index contributed by atoms with van der Waals surface area (Å²) in [5, 5.41) is 37.3. The first-order valence-corrected chi connectivity index (χ1v) is 19.0. The van der Waals surface area contributed by atoms with Crippen LogP contribution in [0, 0.1) is 23.7 Å². The zero-order chi connectivity index (χ0) is 36.2. The first-order chi connectivity index (χ1) is 25.4. The number of aliphatic hydroxyl groups excluding tert-OH is 2. The van der Waals surface area contributed by atoms with E-state index >= 15 is 0 Å². The Morgan fingerprint density at radius 2 is 1.81 bits per heavy atom. The molecule has 3 aromatic rings. The van der Waals surface area contributed by atoms with Crippen LogP contribution in [-0.2, 0) is 20.9 Å². The summed E-state index contributed by atoms with van der Waals surface area (Å²) in [4.78, 5) is 22.3. The number of allylic oxidation sites excluding steroid dienone is 1. The fourth-order valence-electron chi connectivity index (χ4n) is 9.29. The van der Waals surface area contributed by atoms with Crippen LogP contribution in [0.5, 0.6) is 11.5 Å². The van der Waals surface area contributed by atoms with Crippen LogP contribution < -0.4 is 4.74 Å². The van der Waals surface area contributed by atoms with Crippen LogP contribution in [-0.4, -0.2) is 70.6 Å². The number of fused-ring (bicyclic) bond motifs is 3. The highest BCUT2D eigenvalue weighted by Crippen LogP contribution is 2.62. The Kier molecular flexibility index (Phi) is 11.0. The van der Waals surface area contributed by atoms with Gasteiger partial charge in [0.25, 0.3) is 0 Å². The summed E-state index contributed by atoms with van der Waals surface area (Å²) in [6, 6.07) is 19.2. The van der Waals surface area contributed by atoms with Gasteiger partial charge in [-0.3, -0.25) is 4.79 Å². The van der Waals surface area contributed by atoms with Crippen molar-refractivity contribution in [2.45, 2.75) is 82.1 Å². The number of amides is 1. The zero-order valence-corrected chi connectivity index (χ0v) is 30.2. The van der Waals surface area contributed by atoms with Gasteiger partial charge in [-0.25, -0.2) is 0 Å². The van der Waals surface area contributed by atoms with E-state index in [0.29, 0.717) is 31.6 Å². The number of carbonyl (C=O) groups is 1. The van der Waals surface area contributed by atoms with Crippen molar-refractivity contribution in [2.24, 2.45) is 28.8 Å². The Hall–Kier alpha value is -4.18. The van der Waals surface area contributed by atoms with Gasteiger partial charge in [-0.05, 0) is 90.5 Å². The number of benzene rings is 3. The van der Waals surface area contributed by atoms with Crippen molar-refractivity contribution in [3.63, 3.8) is 0 Å². The molecule has 1 heterocycles. The van der Waals surface area contributed by atoms with E-state index in [2.05, 4.69) is 42.1 Å². The minimum absolute atomic E-state index is 0.0664. The largest absolute Gasteiger partial charge is 0.508 e. The van der Waals surface area contributed by atoms with Crippen molar-refractivity contribution in [3.05, 3.63) is 96.1 Å². The highest BCUT2D eigenvalue weighted by molar-refractivity contribution is 6.03. The molecule has 0 spiro atoms. The lowest BCUT2D eigenvalue weighted by Crippen LogP contribution is -2.70. The lowest BCUT2D eigenvalue weighted by atomic mass is 9.55. The summed E-state index contributed by atoms with van der Waals surface area (Å²) in [7, 11) is 1.56. The number of hydrogen-bond acceptors (Lipinski definition) is 8. The van der Waals surface area contributed by atoms with Crippen molar-refractivity contribution in [3.8, 4) is 11.5 Å². The van der Waals surface area contributed by atoms with Crippen LogP contribution in [0.2, 0.25) is 0 Å². The molecule has 3 aromatic carbocycles. The van der Waals surface area contributed by atoms with Crippen molar-refractivity contribution in [1.82, 2.24) is 4.90 Å². The van der Waals surface area contributed by atoms with Crippen LogP contribution in [0.25, 0.3) is 10.8 Å². The van der Waals surface area contributed by atoms with E-state index in [1.54, 1.807) is 19.3 Å². The molecule has 9 nitrogen and oxygen atoms in total. The number of unbranched alkanes of at least 4 members (excludes halogenated alkanes) is 2. The third-order valence-corrected chi connectivity index (χ3v) is 11.7. The van der Waals surface area contributed by atoms with Crippen LogP contribution in [0.15, 0.2) is 90.1 Å². The number of nitrogens with zero attached hydrogens (tertiary/aromatic N) is 2. The van der Waals surface area contributed by atoms with Crippen molar-refractivity contribution in [2.75, 3.05) is 26.9 Å². The van der Waals surface area contributed by atoms with E-state index in [1.807, 2.05) is 35.2 Å². The van der Waals surface area contributed by atoms with Gasteiger partial charge >= 0.3 is 0 Å². The summed E-state index contributed by atoms with van der Waals surface area (Å²) in [5.74, 6) is -0.852. The molecule has 4 aliphatic rings. The highest BCUT2D eigenvalue weighted by atomic mass is 16.7. The molecule has 0 saturated heterocycles. The number of phenolic OH excluding ortho intramolecular Hbond substituents is 1. The Morgan fingerprint density at radius 3 is 2.56 bits per heavy atom. The molecular formula is C43H52N2O7. The van der Waals surface area contributed by atoms with E-state index < -0.39 is 17.7 Å². The average molecular weight is 709 g/mol. The van der Waals surface area contributed by atoms with Crippen molar-refractivity contribution in [1.29, 1.82) is 0 Å². The molecule has 0 radical (unpaired) electrons. The summed E-state index contributed by atoms with van der Waals surface area (Å²) in [6.07, 6.45) is 10.9. The van der Waals surface area contributed by atoms with Gasteiger partial charge < -0.3 is 34.5 Å². The molecule has 6 atom stereocenters. The highest BCUT2D eigenvalue weighted by Gasteiger charge is 2.65. The molecular weight excluding hydrogens is 656 g/mol. The van der Waals surface area contributed by atoms with Gasteiger partial charge in [0, 0.05) is 43.6 Å². The number of ether oxygens (including phenoxy) is 2. The average Bonchev–Trinajstić information content (AvgIpc) is 4.01. The molecule has 52 heavy (non-hydrogen) atoms. The lowest BCUT2D eigenvalue weighted by Gasteiger charge is -2.60. The summed E-state index contributed by atoms with van der Waals surface area (Å²) in [6.45, 7) is 4.83. The van der Waals surface area contributed by atoms with Gasteiger partial charge in [-0.15, -0.1) is 6.58 Å². The topological polar surface area (TPSA) is 121 Å². The second kappa shape index (κ2) is 15.8. The number of hydrogen-bond donors (Lipinski definition) is 3. The number of aliphatic hydroxyl groups is 2. The maximum absolute atomic E-state index is 14.7. The Balaban J connectivity index is 1.44. The monoisotopic (exact) mass is 708 g/mol. The Labute approximate surface area is 306 Å². The van der Waals surface area contributed by atoms with Gasteiger partial charge in [0.05, 0.1) is 18.2 Å². The molecule has 276 valence electrons. The molecule has 3 N–H and O–H groups in total. The molecule has 0 unspecified atom stereocenters. The summed E-state index contributed by atoms with van der Waals surface area (Å²) < 4.78 is 14.3. The molecule has 1 amide bonds. The first kappa shape index (κ1) is 36.2. The number of aromatic hydroxyl groups is 1. The van der Waals surface area contributed by atoms with Crippen molar-refractivity contribution < 1.29 is 34.4 Å². The number of oxime groups is 1. The number of carbonyl (C=O) groups excluding carboxylic acids is 1. The smallest absolute Gasteiger partial charge is 0.239 e. The molecule has 2 saturated carbocycles. The van der Waals surface area contributed by atoms with Crippen LogP contribution in [0.4, 0.5) is 0 Å². The van der Waals surface area contributed by atoms with Gasteiger partial charge in [-0.1, -0.05) is 72.6 Å². The molecule has 1 aliphatic heterocycles. The molecule has 2 fully saturated rings. The van der Waals surface area contributed by atoms with Gasteiger partial charge in [0.15, 0.2) is 0 Å². The Bertz CT molecular complexity index is 1810. The maximum Gasteiger partial charge on any atom is 0.239 e. The fourth-order valence-corrected chi connectivity index (χ4v) is 9.29. The van der Waals surface area contributed by atoms with Crippen LogP contribution in [0.1, 0.15) is 74.8 Å². The molecule has 0 aromatic heterocycles. The third kappa shape index (κ3) is 6.86. The molecule has 9 heteroatoms. The minimum Gasteiger partial charge on any atom is -0.508 e. The number of phenols is 1. The normalized spacial score (nSPS) is 26.9. The van der Waals surface area contributed by atoms with E-state index in [0.717, 1.165) is 71.7 Å². The fraction of sp³-hybridized carbons (Fsp3) is 0.488. The van der Waals surface area contributed by atoms with Gasteiger partial charge in [0.1, 0.15) is 24.7 Å². The lowest BCUT2D eigenvalue weighted by molar-refractivity contribution is -0.258. The van der Waals surface area contributed by atoms with E-state index in [-0.39, 0.29) is 55.1 Å². The van der Waals surface area contributed by atoms with Crippen LogP contribution in [0.3, 0.4) is 0 Å². The van der Waals surface area contributed by atoms with E-state index in [9.17, 15) is 20.1 Å². The third-order valence-electron chi connectivity index (χ3n) is 11.7. The standard InChI is InChI=1S/C43H52N2O7/c1-3-23-51-43-39(45(42(49)29-17-18-29)27-31-14-10-13-28-11-4-5-15-33(28)31)26-37(44-50-2)35-24-30(12-6-8-21-46)34(16-7-9-22-47)40(41(35)43)36-25-32(48)19-20-38(36)52-43/h3-5,10-11,13-15,19-20,24-25,29-30,34,39-41,46-48H,1,6-9,12,16-18,21-23,26-27H2,2H3/t30-,34+,39-,40+,41+,43+/m0/s1. The van der Waals surface area contributed by atoms with E-state index in [4.69, 9.17) is 14.3 Å². The predicted octanol–water partition coefficient (Wildman–Crippen LogP) is 7.25. The van der Waals surface area contributed by atoms with Crippen molar-refractivity contribution >= 4 is 22.4 Å². The van der Waals surface area contributed by atoms with Gasteiger partial charge in [0.2, 0.25) is 11.7 Å². The zero-order valence-electron chi connectivity index (χ0n) is 30.2.